The van der Waals surface area contributed by atoms with Gasteiger partial charge in [0.15, 0.2) is 0 Å². The summed E-state index contributed by atoms with van der Waals surface area (Å²) >= 11 is 0. The highest BCUT2D eigenvalue weighted by Gasteiger charge is 2.40. The molecule has 3 amide bonds. The van der Waals surface area contributed by atoms with Crippen molar-refractivity contribution in [1.82, 2.24) is 10.6 Å². The second kappa shape index (κ2) is 6.67. The minimum atomic E-state index is -5.14. The van der Waals surface area contributed by atoms with E-state index in [-0.39, 0.29) is 19.4 Å². The summed E-state index contributed by atoms with van der Waals surface area (Å²) < 4.78 is 35.7. The third-order valence-corrected chi connectivity index (χ3v) is 1.83. The Labute approximate surface area is 99.5 Å². The van der Waals surface area contributed by atoms with Crippen LogP contribution in [0.3, 0.4) is 0 Å². The highest BCUT2D eigenvalue weighted by molar-refractivity contribution is 5.86. The lowest BCUT2D eigenvalue weighted by molar-refractivity contribution is -0.175. The van der Waals surface area contributed by atoms with Crippen molar-refractivity contribution in [3.8, 4) is 0 Å². The van der Waals surface area contributed by atoms with Crippen molar-refractivity contribution in [3.05, 3.63) is 0 Å². The molecule has 0 saturated heterocycles. The van der Waals surface area contributed by atoms with Gasteiger partial charge in [0, 0.05) is 6.54 Å². The third kappa shape index (κ3) is 6.55. The summed E-state index contributed by atoms with van der Waals surface area (Å²) in [6, 6.07) is -2.50. The summed E-state index contributed by atoms with van der Waals surface area (Å²) in [6.07, 6.45) is -5.35. The first-order valence-corrected chi connectivity index (χ1v) is 4.78. The molecule has 104 valence electrons. The van der Waals surface area contributed by atoms with E-state index in [4.69, 9.17) is 10.8 Å². The van der Waals surface area contributed by atoms with Gasteiger partial charge in [-0.05, 0) is 12.8 Å². The fourth-order valence-electron chi connectivity index (χ4n) is 1.02. The van der Waals surface area contributed by atoms with Crippen LogP contribution in [0, 0.1) is 0 Å². The molecule has 0 aromatic heterocycles. The van der Waals surface area contributed by atoms with E-state index in [1.165, 1.54) is 5.32 Å². The normalized spacial score (nSPS) is 12.6. The van der Waals surface area contributed by atoms with Gasteiger partial charge >= 0.3 is 24.1 Å². The van der Waals surface area contributed by atoms with Gasteiger partial charge in [-0.3, -0.25) is 4.79 Å². The Morgan fingerprint density at radius 3 is 2.22 bits per heavy atom. The van der Waals surface area contributed by atoms with Gasteiger partial charge in [-0.15, -0.1) is 0 Å². The largest absolute Gasteiger partial charge is 0.480 e. The van der Waals surface area contributed by atoms with Gasteiger partial charge in [-0.1, -0.05) is 0 Å². The average Bonchev–Trinajstić information content (AvgIpc) is 2.19. The molecule has 5 N–H and O–H groups in total. The zero-order valence-corrected chi connectivity index (χ0v) is 9.08. The van der Waals surface area contributed by atoms with Crippen LogP contribution in [0.2, 0.25) is 0 Å². The van der Waals surface area contributed by atoms with Crippen LogP contribution in [0.15, 0.2) is 0 Å². The zero-order chi connectivity index (χ0) is 14.3. The van der Waals surface area contributed by atoms with Crippen molar-refractivity contribution < 1.29 is 32.7 Å². The predicted molar refractivity (Wildman–Crippen MR) is 52.4 cm³/mol. The van der Waals surface area contributed by atoms with Crippen LogP contribution in [0.4, 0.5) is 18.0 Å². The first-order chi connectivity index (χ1) is 8.14. The number of rotatable bonds is 6. The standard InChI is InChI=1S/C8H12F3N3O4/c9-8(10,11)6(17)14-4(5(15)16)2-1-3-13-7(12)18/h4H,1-3H2,(H,14,17)(H,15,16)(H3,12,13,18)/t4-/m0/s1. The van der Waals surface area contributed by atoms with Crippen LogP contribution in [-0.2, 0) is 9.59 Å². The van der Waals surface area contributed by atoms with E-state index in [1.807, 2.05) is 0 Å². The molecule has 0 rings (SSSR count). The third-order valence-electron chi connectivity index (χ3n) is 1.83. The summed E-state index contributed by atoms with van der Waals surface area (Å²) in [5.41, 5.74) is 4.72. The Morgan fingerprint density at radius 2 is 1.83 bits per heavy atom. The molecular formula is C8H12F3N3O4. The molecule has 0 radical (unpaired) electrons. The minimum absolute atomic E-state index is 0.000994. The number of carboxylic acid groups (broad SMARTS) is 1. The SMILES string of the molecule is NC(=O)NCCC[C@H](NC(=O)C(F)(F)F)C(=O)O. The lowest BCUT2D eigenvalue weighted by Gasteiger charge is -2.15. The quantitative estimate of drug-likeness (QED) is 0.489. The number of carbonyl (C=O) groups is 3. The Hall–Kier alpha value is -2.00. The Bertz CT molecular complexity index is 332. The maximum Gasteiger partial charge on any atom is 0.471 e. The van der Waals surface area contributed by atoms with Crippen molar-refractivity contribution in [2.75, 3.05) is 6.54 Å². The van der Waals surface area contributed by atoms with Crippen LogP contribution in [-0.4, -0.2) is 41.8 Å². The number of aliphatic carboxylic acids is 1. The molecule has 0 spiro atoms. The average molecular weight is 271 g/mol. The van der Waals surface area contributed by atoms with Crippen molar-refractivity contribution in [2.45, 2.75) is 25.1 Å². The van der Waals surface area contributed by atoms with E-state index in [0.29, 0.717) is 0 Å². The van der Waals surface area contributed by atoms with E-state index < -0.39 is 30.1 Å². The smallest absolute Gasteiger partial charge is 0.471 e. The first kappa shape index (κ1) is 16.0. The van der Waals surface area contributed by atoms with Gasteiger partial charge in [0.1, 0.15) is 6.04 Å². The van der Waals surface area contributed by atoms with Gasteiger partial charge in [0.25, 0.3) is 0 Å². The Balaban J connectivity index is 4.21. The minimum Gasteiger partial charge on any atom is -0.480 e. The van der Waals surface area contributed by atoms with E-state index in [1.54, 1.807) is 0 Å². The molecule has 0 aliphatic carbocycles. The topological polar surface area (TPSA) is 122 Å². The number of carboxylic acids is 1. The molecule has 0 bridgehead atoms. The second-order valence-corrected chi connectivity index (χ2v) is 3.30. The molecular weight excluding hydrogens is 259 g/mol. The zero-order valence-electron chi connectivity index (χ0n) is 9.08. The van der Waals surface area contributed by atoms with Gasteiger partial charge in [-0.2, -0.15) is 13.2 Å². The molecule has 7 nitrogen and oxygen atoms in total. The number of nitrogens with two attached hydrogens (primary N) is 1. The summed E-state index contributed by atoms with van der Waals surface area (Å²) in [6.45, 7) is 0.000994. The number of urea groups is 1. The van der Waals surface area contributed by atoms with Gasteiger partial charge in [-0.25, -0.2) is 9.59 Å². The lowest BCUT2D eigenvalue weighted by atomic mass is 10.1. The highest BCUT2D eigenvalue weighted by atomic mass is 19.4. The molecule has 18 heavy (non-hydrogen) atoms. The fourth-order valence-corrected chi connectivity index (χ4v) is 1.02. The van der Waals surface area contributed by atoms with Gasteiger partial charge in [0.05, 0.1) is 0 Å². The Kier molecular flexibility index (Phi) is 5.93. The van der Waals surface area contributed by atoms with E-state index in [9.17, 15) is 27.6 Å². The summed E-state index contributed by atoms with van der Waals surface area (Å²) in [5, 5.41) is 12.1. The molecule has 0 saturated carbocycles. The number of carbonyl (C=O) groups excluding carboxylic acids is 2. The first-order valence-electron chi connectivity index (χ1n) is 4.78. The van der Waals surface area contributed by atoms with Crippen LogP contribution in [0.25, 0.3) is 0 Å². The number of nitrogens with one attached hydrogen (secondary N) is 2. The predicted octanol–water partition coefficient (Wildman–Crippen LogP) is -0.433. The molecule has 0 aromatic rings. The van der Waals surface area contributed by atoms with E-state index in [2.05, 4.69) is 5.32 Å². The fraction of sp³-hybridized carbons (Fsp3) is 0.625. The lowest BCUT2D eigenvalue weighted by Crippen LogP contribution is -2.47. The van der Waals surface area contributed by atoms with Crippen molar-refractivity contribution in [3.63, 3.8) is 0 Å². The molecule has 0 unspecified atom stereocenters. The number of alkyl halides is 3. The molecule has 10 heteroatoms. The molecule has 0 heterocycles. The van der Waals surface area contributed by atoms with Crippen LogP contribution >= 0.6 is 0 Å². The number of halogens is 3. The molecule has 1 atom stereocenters. The summed E-state index contributed by atoms with van der Waals surface area (Å²) in [5.74, 6) is -3.91. The maximum absolute atomic E-state index is 11.9. The van der Waals surface area contributed by atoms with E-state index in [0.717, 1.165) is 0 Å². The van der Waals surface area contributed by atoms with Gasteiger partial charge < -0.3 is 21.5 Å². The number of amides is 3. The number of hydrogen-bond donors (Lipinski definition) is 4. The molecule has 0 aliphatic heterocycles. The molecule has 0 aromatic carbocycles. The van der Waals surface area contributed by atoms with Crippen molar-refractivity contribution >= 4 is 17.9 Å². The molecule has 0 aliphatic rings. The monoisotopic (exact) mass is 271 g/mol. The summed E-state index contributed by atoms with van der Waals surface area (Å²) in [4.78, 5) is 31.4. The highest BCUT2D eigenvalue weighted by Crippen LogP contribution is 2.15. The molecule has 0 fully saturated rings. The van der Waals surface area contributed by atoms with Gasteiger partial charge in [0.2, 0.25) is 0 Å². The van der Waals surface area contributed by atoms with Crippen LogP contribution in [0.5, 0.6) is 0 Å². The number of hydrogen-bond acceptors (Lipinski definition) is 3. The second-order valence-electron chi connectivity index (χ2n) is 3.30. The Morgan fingerprint density at radius 1 is 1.28 bits per heavy atom. The van der Waals surface area contributed by atoms with Crippen molar-refractivity contribution in [2.24, 2.45) is 5.73 Å². The number of primary amides is 1. The van der Waals surface area contributed by atoms with E-state index >= 15 is 0 Å². The van der Waals surface area contributed by atoms with Crippen LogP contribution in [0.1, 0.15) is 12.8 Å². The summed E-state index contributed by atoms with van der Waals surface area (Å²) in [7, 11) is 0. The maximum atomic E-state index is 11.9. The van der Waals surface area contributed by atoms with Crippen molar-refractivity contribution in [1.29, 1.82) is 0 Å². The van der Waals surface area contributed by atoms with Crippen LogP contribution < -0.4 is 16.4 Å².